The van der Waals surface area contributed by atoms with Crippen LogP contribution in [0.5, 0.6) is 0 Å². The summed E-state index contributed by atoms with van der Waals surface area (Å²) in [4.78, 5) is 31.8. The normalized spacial score (nSPS) is 10.4. The number of ether oxygens (including phenoxy) is 1. The zero-order valence-electron chi connectivity index (χ0n) is 11.6. The predicted octanol–water partition coefficient (Wildman–Crippen LogP) is 1.40. The molecule has 0 radical (unpaired) electrons. The summed E-state index contributed by atoms with van der Waals surface area (Å²) >= 11 is 2.29. The molecule has 2 heterocycles. The fourth-order valence-corrected chi connectivity index (χ4v) is 2.95. The average molecular weight is 327 g/mol. The molecule has 112 valence electrons. The molecule has 0 spiro atoms. The van der Waals surface area contributed by atoms with Crippen molar-refractivity contribution in [3.8, 4) is 0 Å². The van der Waals surface area contributed by atoms with Crippen molar-refractivity contribution in [3.63, 3.8) is 0 Å². The molecule has 0 aliphatic heterocycles. The summed E-state index contributed by atoms with van der Waals surface area (Å²) in [6.07, 6.45) is 0. The van der Waals surface area contributed by atoms with Crippen LogP contribution in [-0.4, -0.2) is 44.9 Å². The molecule has 0 fully saturated rings. The number of thiazole rings is 1. The minimum atomic E-state index is -0.462. The first-order valence-electron chi connectivity index (χ1n) is 5.87. The minimum absolute atomic E-state index is 0.156. The topological polar surface area (TPSA) is 110 Å². The van der Waals surface area contributed by atoms with Crippen molar-refractivity contribution in [2.75, 3.05) is 18.2 Å². The Morgan fingerprint density at radius 3 is 2.76 bits per heavy atom. The number of aromatic amines is 1. The molecule has 10 heteroatoms. The molecule has 2 N–H and O–H groups in total. The second kappa shape index (κ2) is 6.68. The Bertz CT molecular complexity index is 667. The van der Waals surface area contributed by atoms with E-state index in [1.807, 2.05) is 0 Å². The van der Waals surface area contributed by atoms with Crippen LogP contribution >= 0.6 is 23.1 Å². The molecule has 0 atom stereocenters. The highest BCUT2D eigenvalue weighted by Gasteiger charge is 2.17. The Morgan fingerprint density at radius 1 is 1.38 bits per heavy atom. The maximum atomic E-state index is 11.8. The van der Waals surface area contributed by atoms with Crippen molar-refractivity contribution >= 4 is 40.1 Å². The van der Waals surface area contributed by atoms with Gasteiger partial charge in [0.1, 0.15) is 10.7 Å². The minimum Gasteiger partial charge on any atom is -0.465 e. The van der Waals surface area contributed by atoms with Gasteiger partial charge in [0.25, 0.3) is 0 Å². The zero-order chi connectivity index (χ0) is 15.4. The van der Waals surface area contributed by atoms with Crippen molar-refractivity contribution in [2.45, 2.75) is 19.0 Å². The molecule has 0 aliphatic rings. The Morgan fingerprint density at radius 2 is 2.14 bits per heavy atom. The predicted molar refractivity (Wildman–Crippen MR) is 78.7 cm³/mol. The highest BCUT2D eigenvalue weighted by molar-refractivity contribution is 7.99. The van der Waals surface area contributed by atoms with Crippen LogP contribution in [0.15, 0.2) is 5.16 Å². The fourth-order valence-electron chi connectivity index (χ4n) is 1.40. The van der Waals surface area contributed by atoms with Crippen molar-refractivity contribution in [1.82, 2.24) is 20.2 Å². The van der Waals surface area contributed by atoms with Crippen LogP contribution in [0.3, 0.4) is 0 Å². The monoisotopic (exact) mass is 327 g/mol. The van der Waals surface area contributed by atoms with Gasteiger partial charge in [-0.15, -0.1) is 5.10 Å². The van der Waals surface area contributed by atoms with E-state index in [2.05, 4.69) is 30.2 Å². The van der Waals surface area contributed by atoms with Crippen molar-refractivity contribution < 1.29 is 14.3 Å². The number of carbonyl (C=O) groups is 2. The largest absolute Gasteiger partial charge is 0.465 e. The summed E-state index contributed by atoms with van der Waals surface area (Å²) < 4.78 is 4.64. The van der Waals surface area contributed by atoms with Crippen LogP contribution in [0.2, 0.25) is 0 Å². The van der Waals surface area contributed by atoms with Crippen LogP contribution in [0.1, 0.15) is 21.2 Å². The second-order valence-electron chi connectivity index (χ2n) is 3.97. The van der Waals surface area contributed by atoms with Crippen LogP contribution in [-0.2, 0) is 9.53 Å². The number of carbonyl (C=O) groups excluding carboxylic acids is 2. The first-order valence-corrected chi connectivity index (χ1v) is 7.67. The number of H-pyrrole nitrogens is 1. The number of aromatic nitrogens is 4. The molecule has 21 heavy (non-hydrogen) atoms. The van der Waals surface area contributed by atoms with Gasteiger partial charge in [-0.1, -0.05) is 23.1 Å². The third-order valence-electron chi connectivity index (χ3n) is 2.32. The lowest BCUT2D eigenvalue weighted by molar-refractivity contribution is -0.113. The molecule has 2 aromatic heterocycles. The molecule has 0 saturated carbocycles. The summed E-state index contributed by atoms with van der Waals surface area (Å²) in [7, 11) is 1.30. The number of hydrogen-bond acceptors (Lipinski definition) is 8. The van der Waals surface area contributed by atoms with Crippen LogP contribution < -0.4 is 5.32 Å². The number of esters is 1. The number of hydrogen-bond donors (Lipinski definition) is 2. The van der Waals surface area contributed by atoms with E-state index in [1.165, 1.54) is 18.9 Å². The summed E-state index contributed by atoms with van der Waals surface area (Å²) in [6.45, 7) is 3.47. The van der Waals surface area contributed by atoms with E-state index in [-0.39, 0.29) is 11.7 Å². The first kappa shape index (κ1) is 15.4. The van der Waals surface area contributed by atoms with Gasteiger partial charge < -0.3 is 10.1 Å². The van der Waals surface area contributed by atoms with Crippen molar-refractivity contribution in [3.05, 3.63) is 16.4 Å². The van der Waals surface area contributed by atoms with Gasteiger partial charge in [-0.05, 0) is 13.8 Å². The quantitative estimate of drug-likeness (QED) is 0.631. The molecule has 1 amide bonds. The zero-order valence-corrected chi connectivity index (χ0v) is 13.2. The molecular weight excluding hydrogens is 314 g/mol. The van der Waals surface area contributed by atoms with E-state index in [0.29, 0.717) is 26.7 Å². The van der Waals surface area contributed by atoms with Gasteiger partial charge in [-0.25, -0.2) is 14.8 Å². The van der Waals surface area contributed by atoms with E-state index in [0.717, 1.165) is 11.3 Å². The third kappa shape index (κ3) is 4.02. The van der Waals surface area contributed by atoms with Gasteiger partial charge in [-0.3, -0.25) is 9.89 Å². The Hall–Kier alpha value is -1.94. The molecule has 0 saturated heterocycles. The van der Waals surface area contributed by atoms with E-state index in [9.17, 15) is 9.59 Å². The first-order chi connectivity index (χ1) is 9.99. The fraction of sp³-hybridized carbons (Fsp3) is 0.364. The smallest absolute Gasteiger partial charge is 0.350 e. The summed E-state index contributed by atoms with van der Waals surface area (Å²) in [5, 5.41) is 10.1. The lowest BCUT2D eigenvalue weighted by Gasteiger charge is -1.98. The van der Waals surface area contributed by atoms with Crippen LogP contribution in [0.4, 0.5) is 5.13 Å². The molecule has 8 nitrogen and oxygen atoms in total. The highest BCUT2D eigenvalue weighted by atomic mass is 32.2. The summed E-state index contributed by atoms with van der Waals surface area (Å²) in [6, 6.07) is 0. The van der Waals surface area contributed by atoms with Gasteiger partial charge in [0, 0.05) is 0 Å². The lowest BCUT2D eigenvalue weighted by Crippen LogP contribution is -2.13. The number of nitrogens with zero attached hydrogens (tertiary/aromatic N) is 3. The standard InChI is InChI=1S/C11H13N5O3S2/c1-5-8(9(18)19-3)21-10(12-5)14-7(17)4-20-11-13-6(2)15-16-11/h4H2,1-3H3,(H,12,14,17)(H,13,15,16). The average Bonchev–Trinajstić information content (AvgIpc) is 3.02. The Kier molecular flexibility index (Phi) is 4.91. The van der Waals surface area contributed by atoms with Crippen molar-refractivity contribution in [1.29, 1.82) is 0 Å². The highest BCUT2D eigenvalue weighted by Crippen LogP contribution is 2.23. The number of aryl methyl sites for hydroxylation is 2. The SMILES string of the molecule is COC(=O)c1sc(NC(=O)CSc2n[nH]c(C)n2)nc1C. The Labute approximate surface area is 128 Å². The summed E-state index contributed by atoms with van der Waals surface area (Å²) in [5.41, 5.74) is 0.527. The van der Waals surface area contributed by atoms with Crippen LogP contribution in [0, 0.1) is 13.8 Å². The number of rotatable bonds is 5. The third-order valence-corrected chi connectivity index (χ3v) is 4.22. The van der Waals surface area contributed by atoms with E-state index in [1.54, 1.807) is 13.8 Å². The number of thioether (sulfide) groups is 1. The lowest BCUT2D eigenvalue weighted by atomic mass is 10.4. The van der Waals surface area contributed by atoms with Gasteiger partial charge in [0.2, 0.25) is 11.1 Å². The maximum absolute atomic E-state index is 11.8. The molecule has 0 aliphatic carbocycles. The van der Waals surface area contributed by atoms with Gasteiger partial charge >= 0.3 is 5.97 Å². The maximum Gasteiger partial charge on any atom is 0.350 e. The number of amides is 1. The molecule has 0 bridgehead atoms. The number of anilines is 1. The molecule has 0 unspecified atom stereocenters. The summed E-state index contributed by atoms with van der Waals surface area (Å²) in [5.74, 6) is 0.142. The molecule has 2 aromatic rings. The molecule has 2 rings (SSSR count). The Balaban J connectivity index is 1.92. The second-order valence-corrected chi connectivity index (χ2v) is 5.91. The van der Waals surface area contributed by atoms with Gasteiger partial charge in [0.05, 0.1) is 18.6 Å². The van der Waals surface area contributed by atoms with E-state index >= 15 is 0 Å². The molecular formula is C11H13N5O3S2. The van der Waals surface area contributed by atoms with Gasteiger partial charge in [0.15, 0.2) is 5.13 Å². The van der Waals surface area contributed by atoms with Gasteiger partial charge in [-0.2, -0.15) is 0 Å². The van der Waals surface area contributed by atoms with E-state index in [4.69, 9.17) is 0 Å². The molecule has 0 aromatic carbocycles. The van der Waals surface area contributed by atoms with Crippen molar-refractivity contribution in [2.24, 2.45) is 0 Å². The number of nitrogens with one attached hydrogen (secondary N) is 2. The number of methoxy groups -OCH3 is 1. The van der Waals surface area contributed by atoms with E-state index < -0.39 is 5.97 Å². The van der Waals surface area contributed by atoms with Crippen LogP contribution in [0.25, 0.3) is 0 Å².